The van der Waals surface area contributed by atoms with E-state index in [1.165, 1.54) is 0 Å². The highest BCUT2D eigenvalue weighted by Gasteiger charge is 2.33. The van der Waals surface area contributed by atoms with Gasteiger partial charge in [0, 0.05) is 31.7 Å². The van der Waals surface area contributed by atoms with Crippen LogP contribution in [0.25, 0.3) is 17.1 Å². The predicted octanol–water partition coefficient (Wildman–Crippen LogP) is 7.51. The molecule has 0 fully saturated rings. The minimum absolute atomic E-state index is 0.419. The summed E-state index contributed by atoms with van der Waals surface area (Å²) in [5.41, 5.74) is 3.37. The Labute approximate surface area is 261 Å². The van der Waals surface area contributed by atoms with Crippen LogP contribution < -0.4 is 14.4 Å². The topological polar surface area (TPSA) is 49.4 Å². The largest absolute Gasteiger partial charge is 0.326 e. The molecule has 1 aromatic heterocycles. The zero-order chi connectivity index (χ0) is 29.1. The Balaban J connectivity index is 1.94. The Bertz CT molecular complexity index is 1650. The van der Waals surface area contributed by atoms with E-state index < -0.39 is 0 Å². The molecule has 3 aromatic rings. The number of fused-ring (bicyclic) bond motifs is 2. The number of anilines is 2. The van der Waals surface area contributed by atoms with Gasteiger partial charge in [-0.25, -0.2) is 13.0 Å². The summed E-state index contributed by atoms with van der Waals surface area (Å²) in [7, 11) is 0. The molecule has 1 aliphatic heterocycles. The van der Waals surface area contributed by atoms with Crippen molar-refractivity contribution in [3.05, 3.63) is 68.2 Å². The van der Waals surface area contributed by atoms with Crippen LogP contribution in [0.5, 0.6) is 0 Å². The molecule has 0 radical (unpaired) electrons. The maximum atomic E-state index is 12.0. The number of rotatable bonds is 7. The van der Waals surface area contributed by atoms with Crippen molar-refractivity contribution in [1.29, 1.82) is 0 Å². The van der Waals surface area contributed by atoms with Crippen molar-refractivity contribution in [2.45, 2.75) is 53.5 Å². The van der Waals surface area contributed by atoms with E-state index in [0.29, 0.717) is 59.1 Å². The second kappa shape index (κ2) is 13.3. The first-order valence-corrected chi connectivity index (χ1v) is 15.8. The normalized spacial score (nSPS) is 14.1. The number of halogens is 4. The molecule has 212 valence electrons. The minimum atomic E-state index is 0.419. The monoisotopic (exact) mass is 657 g/mol. The number of allylic oxidation sites excluding steroid dienone is 2. The fourth-order valence-corrected chi connectivity index (χ4v) is 6.04. The molecule has 2 heterocycles. The van der Waals surface area contributed by atoms with Crippen LogP contribution in [0.4, 0.5) is 11.4 Å². The Hall–Kier alpha value is -2.07. The van der Waals surface area contributed by atoms with Gasteiger partial charge in [-0.3, -0.25) is 4.90 Å². The molecule has 0 saturated carbocycles. The van der Waals surface area contributed by atoms with Crippen LogP contribution in [0, 0.1) is 0 Å². The van der Waals surface area contributed by atoms with Crippen molar-refractivity contribution >= 4 is 107 Å². The first kappa shape index (κ1) is 30.9. The van der Waals surface area contributed by atoms with Crippen LogP contribution in [0.3, 0.4) is 0 Å². The minimum Gasteiger partial charge on any atom is -0.326 e. The molecule has 0 bridgehead atoms. The first-order chi connectivity index (χ1) is 19.2. The van der Waals surface area contributed by atoms with Gasteiger partial charge in [0.15, 0.2) is 16.0 Å². The number of benzene rings is 2. The number of imidazole rings is 1. The molecule has 0 atom stereocenters. The second-order valence-corrected chi connectivity index (χ2v) is 12.4. The summed E-state index contributed by atoms with van der Waals surface area (Å²) in [4.78, 5) is 5.19. The molecule has 40 heavy (non-hydrogen) atoms. The van der Waals surface area contributed by atoms with Crippen molar-refractivity contribution in [1.82, 2.24) is 4.57 Å². The van der Waals surface area contributed by atoms with Crippen LogP contribution in [0.15, 0.2) is 42.2 Å². The van der Waals surface area contributed by atoms with Crippen LogP contribution in [0.2, 0.25) is 20.1 Å². The third-order valence-electron chi connectivity index (χ3n) is 6.65. The molecular weight excluding hydrogens is 630 g/mol. The average Bonchev–Trinajstić information content (AvgIpc) is 3.38. The number of unbranched alkanes of at least 4 members (excludes halogenated alkanes) is 1. The van der Waals surface area contributed by atoms with Gasteiger partial charge in [0.25, 0.3) is 5.82 Å². The fraction of sp³-hybridized carbons (Fsp3) is 0.321. The Morgan fingerprint density at radius 2 is 1.52 bits per heavy atom. The molecule has 2 aromatic carbocycles. The van der Waals surface area contributed by atoms with E-state index in [4.69, 9.17) is 46.4 Å². The van der Waals surface area contributed by atoms with Crippen molar-refractivity contribution in [2.24, 2.45) is 0 Å². The van der Waals surface area contributed by atoms with Crippen molar-refractivity contribution in [3.8, 4) is 0 Å². The predicted molar refractivity (Wildman–Crippen MR) is 174 cm³/mol. The number of hydrogen-bond acceptors (Lipinski definition) is 3. The number of aryl methyl sites for hydroxylation is 1. The summed E-state index contributed by atoms with van der Waals surface area (Å²) < 4.78 is 28.0. The van der Waals surface area contributed by atoms with Crippen molar-refractivity contribution < 1.29 is 13.0 Å². The summed E-state index contributed by atoms with van der Waals surface area (Å²) in [5, 5.41) is 1.74. The first-order valence-electron chi connectivity index (χ1n) is 12.8. The molecule has 0 amide bonds. The molecule has 1 aliphatic rings. The number of aromatic nitrogens is 2. The molecule has 0 spiro atoms. The fourth-order valence-electron chi connectivity index (χ4n) is 4.87. The van der Waals surface area contributed by atoms with E-state index >= 15 is 0 Å². The van der Waals surface area contributed by atoms with Gasteiger partial charge in [-0.1, -0.05) is 72.7 Å². The van der Waals surface area contributed by atoms with E-state index in [0.717, 1.165) is 59.9 Å². The number of hydrogen-bond donors (Lipinski definition) is 0. The van der Waals surface area contributed by atoms with E-state index in [9.17, 15) is 8.42 Å². The molecular formula is C28H29Cl4N4O2S2+. The van der Waals surface area contributed by atoms with E-state index in [1.54, 1.807) is 26.0 Å². The van der Waals surface area contributed by atoms with E-state index in [-0.39, 0.29) is 0 Å². The van der Waals surface area contributed by atoms with Gasteiger partial charge in [0.05, 0.1) is 38.0 Å². The van der Waals surface area contributed by atoms with Crippen LogP contribution >= 0.6 is 46.4 Å². The molecule has 4 rings (SSSR count). The quantitative estimate of drug-likeness (QED) is 0.195. The van der Waals surface area contributed by atoms with Gasteiger partial charge in [-0.15, -0.1) is 0 Å². The SMILES string of the molecule is CCCCN1C(=CC=Cc2n(CCC)c3cc(Cl)c(Cl)cc3[n+]2C(C)=S=O)N(C(C)=S=O)c2cc(Cl)c(Cl)cc21. The molecule has 0 N–H and O–H groups in total. The Morgan fingerprint density at radius 3 is 2.15 bits per heavy atom. The van der Waals surface area contributed by atoms with Gasteiger partial charge >= 0.3 is 0 Å². The van der Waals surface area contributed by atoms with Gasteiger partial charge in [0.1, 0.15) is 33.3 Å². The summed E-state index contributed by atoms with van der Waals surface area (Å²) >= 11 is 26.4. The Morgan fingerprint density at radius 1 is 0.875 bits per heavy atom. The van der Waals surface area contributed by atoms with Crippen LogP contribution in [-0.2, 0) is 29.1 Å². The lowest BCUT2D eigenvalue weighted by molar-refractivity contribution is -0.526. The highest BCUT2D eigenvalue weighted by molar-refractivity contribution is 7.66. The van der Waals surface area contributed by atoms with E-state index in [1.807, 2.05) is 39.8 Å². The van der Waals surface area contributed by atoms with Crippen LogP contribution in [-0.4, -0.2) is 29.5 Å². The summed E-state index contributed by atoms with van der Waals surface area (Å²) in [6.07, 6.45) is 8.68. The van der Waals surface area contributed by atoms with Gasteiger partial charge < -0.3 is 4.90 Å². The second-order valence-electron chi connectivity index (χ2n) is 9.28. The third-order valence-corrected chi connectivity index (χ3v) is 8.95. The van der Waals surface area contributed by atoms with Crippen LogP contribution in [0.1, 0.15) is 52.8 Å². The van der Waals surface area contributed by atoms with Gasteiger partial charge in [-0.2, -0.15) is 4.57 Å². The van der Waals surface area contributed by atoms with Gasteiger partial charge in [0.2, 0.25) is 0 Å². The lowest BCUT2D eigenvalue weighted by atomic mass is 10.2. The average molecular weight is 660 g/mol. The molecule has 6 nitrogen and oxygen atoms in total. The maximum absolute atomic E-state index is 12.0. The highest BCUT2D eigenvalue weighted by Crippen LogP contribution is 2.46. The van der Waals surface area contributed by atoms with Gasteiger partial charge in [-0.05, 0) is 38.0 Å². The molecule has 0 unspecified atom stereocenters. The maximum Gasteiger partial charge on any atom is 0.288 e. The smallest absolute Gasteiger partial charge is 0.288 e. The molecule has 12 heteroatoms. The van der Waals surface area contributed by atoms with Crippen molar-refractivity contribution in [2.75, 3.05) is 16.3 Å². The number of nitrogens with zero attached hydrogens (tertiary/aromatic N) is 4. The third kappa shape index (κ3) is 5.80. The van der Waals surface area contributed by atoms with E-state index in [2.05, 4.69) is 23.3 Å². The summed E-state index contributed by atoms with van der Waals surface area (Å²) in [5.74, 6) is 1.62. The summed E-state index contributed by atoms with van der Waals surface area (Å²) in [6.45, 7) is 9.25. The lowest BCUT2D eigenvalue weighted by Crippen LogP contribution is -2.43. The molecule has 0 saturated heterocycles. The summed E-state index contributed by atoms with van der Waals surface area (Å²) in [6, 6.07) is 7.27. The standard InChI is InChI=1S/C28H29Cl4N4O2S2/c1-5-7-12-34-24-14-20(30)22(32)16-26(24)36(18(4)40-38)28(34)10-8-9-27-33(11-6-2)23-13-19(29)21(31)15-25(23)35(27)17(3)39-37/h8-10,13-16H,5-7,11-12H2,1-4H3/q+1. The zero-order valence-electron chi connectivity index (χ0n) is 22.5. The van der Waals surface area contributed by atoms with Crippen molar-refractivity contribution in [3.63, 3.8) is 0 Å². The Kier molecular flexibility index (Phi) is 10.2. The molecule has 0 aliphatic carbocycles. The highest BCUT2D eigenvalue weighted by atomic mass is 35.5. The lowest BCUT2D eigenvalue weighted by Gasteiger charge is -2.24. The zero-order valence-corrected chi connectivity index (χ0v) is 27.2.